The summed E-state index contributed by atoms with van der Waals surface area (Å²) in [6.07, 6.45) is 7.74. The van der Waals surface area contributed by atoms with E-state index < -0.39 is 21.3 Å². The number of rotatable bonds is 6. The summed E-state index contributed by atoms with van der Waals surface area (Å²) in [5.74, 6) is 0.403. The summed E-state index contributed by atoms with van der Waals surface area (Å²) in [5.41, 5.74) is 2.72. The van der Waals surface area contributed by atoms with Crippen LogP contribution in [0.25, 0.3) is 0 Å². The second kappa shape index (κ2) is 8.06. The molecule has 2 aliphatic heterocycles. The Morgan fingerprint density at radius 1 is 1.22 bits per heavy atom. The molecule has 2 aromatic rings. The molecule has 1 aromatic carbocycles. The maximum Gasteiger partial charge on any atom is 0.264 e. The van der Waals surface area contributed by atoms with E-state index >= 15 is 0 Å². The minimum absolute atomic E-state index is 0.201. The molecule has 5 rings (SSSR count). The Kier molecular flexibility index (Phi) is 5.35. The molecule has 2 fully saturated rings. The van der Waals surface area contributed by atoms with Gasteiger partial charge in [0.2, 0.25) is 5.91 Å². The fraction of sp³-hybridized carbons (Fsp3) is 0.500. The van der Waals surface area contributed by atoms with Gasteiger partial charge in [0.05, 0.1) is 10.3 Å². The van der Waals surface area contributed by atoms with Crippen LogP contribution in [0.2, 0.25) is 0 Å². The number of anilines is 2. The Bertz CT molecular complexity index is 1150. The van der Waals surface area contributed by atoms with Gasteiger partial charge in [-0.15, -0.1) is 0 Å². The number of pyridine rings is 1. The molecule has 1 aromatic heterocycles. The van der Waals surface area contributed by atoms with Gasteiger partial charge in [0.1, 0.15) is 5.82 Å². The predicted octanol–water partition coefficient (Wildman–Crippen LogP) is 3.14. The Labute approximate surface area is 189 Å². The average molecular weight is 455 g/mol. The van der Waals surface area contributed by atoms with Crippen LogP contribution in [0, 0.1) is 0 Å². The Morgan fingerprint density at radius 3 is 2.72 bits per heavy atom. The number of carbonyl (C=O) groups excluding carboxylic acids is 1. The lowest BCUT2D eigenvalue weighted by Gasteiger charge is -2.25. The highest BCUT2D eigenvalue weighted by Crippen LogP contribution is 2.52. The van der Waals surface area contributed by atoms with Gasteiger partial charge in [0.15, 0.2) is 0 Å². The van der Waals surface area contributed by atoms with E-state index in [0.717, 1.165) is 73.5 Å². The Morgan fingerprint density at radius 2 is 2.00 bits per heavy atom. The number of fused-ring (bicyclic) bond motifs is 1. The summed E-state index contributed by atoms with van der Waals surface area (Å²) >= 11 is 0. The van der Waals surface area contributed by atoms with Crippen LogP contribution in [0.3, 0.4) is 0 Å². The smallest absolute Gasteiger partial charge is 0.264 e. The molecule has 170 valence electrons. The summed E-state index contributed by atoms with van der Waals surface area (Å²) in [4.78, 5) is 20.7. The van der Waals surface area contributed by atoms with Crippen molar-refractivity contribution in [2.24, 2.45) is 0 Å². The quantitative estimate of drug-likeness (QED) is 0.697. The fourth-order valence-electron chi connectivity index (χ4n) is 4.97. The van der Waals surface area contributed by atoms with E-state index in [1.165, 1.54) is 0 Å². The lowest BCUT2D eigenvalue weighted by Crippen LogP contribution is -2.40. The van der Waals surface area contributed by atoms with Crippen LogP contribution in [0.4, 0.5) is 11.5 Å². The third kappa shape index (κ3) is 3.64. The highest BCUT2D eigenvalue weighted by Gasteiger charge is 2.54. The maximum absolute atomic E-state index is 13.5. The fourth-order valence-corrected chi connectivity index (χ4v) is 6.32. The molecule has 7 nitrogen and oxygen atoms in total. The van der Waals surface area contributed by atoms with Crippen LogP contribution in [-0.2, 0) is 33.1 Å². The molecular formula is C24H30N4O3S. The lowest BCUT2D eigenvalue weighted by atomic mass is 9.93. The first-order valence-electron chi connectivity index (χ1n) is 11.6. The Hall–Kier alpha value is -2.61. The zero-order valence-electron chi connectivity index (χ0n) is 18.5. The first kappa shape index (κ1) is 21.2. The van der Waals surface area contributed by atoms with Gasteiger partial charge in [0.25, 0.3) is 10.0 Å². The molecular weight excluding hydrogens is 424 g/mol. The van der Waals surface area contributed by atoms with E-state index in [1.54, 1.807) is 12.1 Å². The first-order chi connectivity index (χ1) is 15.4. The number of hydrogen-bond acceptors (Lipinski definition) is 6. The molecule has 1 amide bonds. The Balaban J connectivity index is 1.48. The number of aryl methyl sites for hydroxylation is 1. The van der Waals surface area contributed by atoms with E-state index in [4.69, 9.17) is 4.98 Å². The van der Waals surface area contributed by atoms with Crippen molar-refractivity contribution in [2.45, 2.75) is 62.2 Å². The minimum atomic E-state index is -3.97. The normalized spacial score (nSPS) is 19.2. The molecule has 0 spiro atoms. The molecule has 0 radical (unpaired) electrons. The largest absolute Gasteiger partial charge is 0.385 e. The van der Waals surface area contributed by atoms with E-state index in [9.17, 15) is 13.2 Å². The summed E-state index contributed by atoms with van der Waals surface area (Å²) in [7, 11) is -3.97. The summed E-state index contributed by atoms with van der Waals surface area (Å²) < 4.78 is 29.0. The van der Waals surface area contributed by atoms with Crippen molar-refractivity contribution in [3.8, 4) is 0 Å². The lowest BCUT2D eigenvalue weighted by molar-refractivity contribution is -0.121. The van der Waals surface area contributed by atoms with Gasteiger partial charge in [-0.2, -0.15) is 0 Å². The molecule has 3 aliphatic rings. The van der Waals surface area contributed by atoms with Crippen molar-refractivity contribution in [1.29, 1.82) is 0 Å². The van der Waals surface area contributed by atoms with Gasteiger partial charge < -0.3 is 10.2 Å². The highest BCUT2D eigenvalue weighted by atomic mass is 32.2. The molecule has 2 N–H and O–H groups in total. The highest BCUT2D eigenvalue weighted by molar-refractivity contribution is 7.90. The van der Waals surface area contributed by atoms with Crippen molar-refractivity contribution < 1.29 is 13.2 Å². The van der Waals surface area contributed by atoms with Crippen molar-refractivity contribution in [2.75, 3.05) is 29.9 Å². The molecule has 0 bridgehead atoms. The molecule has 1 saturated heterocycles. The van der Waals surface area contributed by atoms with Gasteiger partial charge in [-0.1, -0.05) is 13.0 Å². The number of hydrogen-bond donors (Lipinski definition) is 2. The van der Waals surface area contributed by atoms with E-state index in [1.807, 2.05) is 12.3 Å². The monoisotopic (exact) mass is 454 g/mol. The van der Waals surface area contributed by atoms with Gasteiger partial charge in [-0.05, 0) is 74.3 Å². The second-order valence-corrected chi connectivity index (χ2v) is 10.7. The molecule has 1 saturated carbocycles. The van der Waals surface area contributed by atoms with Crippen molar-refractivity contribution in [1.82, 2.24) is 9.71 Å². The standard InChI is InChI=1S/C24H30N4O3S/c1-2-17-15-19(22(26-16-17)28-13-3-4-14-28)24(10-11-24)23(29)27-32(30,31)21-9-5-8-20-18(21)7-6-12-25-20/h5,8-9,15-16,25H,2-4,6-7,10-14H2,1H3,(H,27,29). The zero-order chi connectivity index (χ0) is 22.3. The molecule has 8 heteroatoms. The number of sulfonamides is 1. The second-order valence-electron chi connectivity index (χ2n) is 9.09. The van der Waals surface area contributed by atoms with Gasteiger partial charge in [-0.25, -0.2) is 18.1 Å². The van der Waals surface area contributed by atoms with Crippen LogP contribution in [0.15, 0.2) is 35.4 Å². The minimum Gasteiger partial charge on any atom is -0.385 e. The third-order valence-corrected chi connectivity index (χ3v) is 8.42. The summed E-state index contributed by atoms with van der Waals surface area (Å²) in [6, 6.07) is 7.27. The summed E-state index contributed by atoms with van der Waals surface area (Å²) in [5, 5.41) is 3.26. The SMILES string of the molecule is CCc1cnc(N2CCCC2)c(C2(C(=O)NS(=O)(=O)c3cccc4c3CCCN4)CC2)c1. The van der Waals surface area contributed by atoms with Crippen molar-refractivity contribution >= 4 is 27.4 Å². The topological polar surface area (TPSA) is 91.4 Å². The van der Waals surface area contributed by atoms with Gasteiger partial charge in [0, 0.05) is 37.1 Å². The number of nitrogens with zero attached hydrogens (tertiary/aromatic N) is 2. The maximum atomic E-state index is 13.5. The van der Waals surface area contributed by atoms with Crippen LogP contribution in [-0.4, -0.2) is 38.9 Å². The predicted molar refractivity (Wildman–Crippen MR) is 125 cm³/mol. The molecule has 32 heavy (non-hydrogen) atoms. The molecule has 0 atom stereocenters. The van der Waals surface area contributed by atoms with Crippen LogP contribution in [0.5, 0.6) is 0 Å². The van der Waals surface area contributed by atoms with E-state index in [0.29, 0.717) is 19.3 Å². The number of benzene rings is 1. The molecule has 0 unspecified atom stereocenters. The van der Waals surface area contributed by atoms with Gasteiger partial charge in [-0.3, -0.25) is 4.79 Å². The molecule has 3 heterocycles. The summed E-state index contributed by atoms with van der Waals surface area (Å²) in [6.45, 7) is 4.73. The number of carbonyl (C=O) groups is 1. The van der Waals surface area contributed by atoms with E-state index in [2.05, 4.69) is 27.9 Å². The number of nitrogens with one attached hydrogen (secondary N) is 2. The van der Waals surface area contributed by atoms with Crippen molar-refractivity contribution in [3.63, 3.8) is 0 Å². The number of amides is 1. The third-order valence-electron chi connectivity index (χ3n) is 7.01. The van der Waals surface area contributed by atoms with Gasteiger partial charge >= 0.3 is 0 Å². The van der Waals surface area contributed by atoms with Crippen molar-refractivity contribution in [3.05, 3.63) is 47.2 Å². The number of aromatic nitrogens is 1. The average Bonchev–Trinajstić information content (AvgIpc) is 3.45. The van der Waals surface area contributed by atoms with Crippen LogP contribution >= 0.6 is 0 Å². The van der Waals surface area contributed by atoms with Crippen LogP contribution < -0.4 is 14.9 Å². The van der Waals surface area contributed by atoms with Crippen LogP contribution in [0.1, 0.15) is 55.7 Å². The van der Waals surface area contributed by atoms with E-state index in [-0.39, 0.29) is 4.90 Å². The molecule has 1 aliphatic carbocycles. The zero-order valence-corrected chi connectivity index (χ0v) is 19.3. The first-order valence-corrected chi connectivity index (χ1v) is 13.1.